The molecule has 1 N–H and O–H groups in total. The maximum absolute atomic E-state index is 13.4. The summed E-state index contributed by atoms with van der Waals surface area (Å²) >= 11 is 0. The molecule has 1 aromatic carbocycles. The van der Waals surface area contributed by atoms with Gasteiger partial charge in [-0.3, -0.25) is 0 Å². The summed E-state index contributed by atoms with van der Waals surface area (Å²) in [6, 6.07) is 4.45. The Hall–Kier alpha value is -2.22. The van der Waals surface area contributed by atoms with Crippen LogP contribution in [0, 0.1) is 11.6 Å². The van der Waals surface area contributed by atoms with Gasteiger partial charge in [-0.2, -0.15) is 0 Å². The Balaban J connectivity index is 2.33. The molecular formula is C12H8F2O5S. The zero-order valence-corrected chi connectivity index (χ0v) is 10.7. The van der Waals surface area contributed by atoms with Crippen LogP contribution in [-0.2, 0) is 15.6 Å². The molecule has 0 saturated heterocycles. The molecule has 0 aliphatic heterocycles. The minimum atomic E-state index is -4.05. The molecule has 5 nitrogen and oxygen atoms in total. The van der Waals surface area contributed by atoms with Crippen molar-refractivity contribution in [1.82, 2.24) is 0 Å². The van der Waals surface area contributed by atoms with Gasteiger partial charge in [-0.1, -0.05) is 6.07 Å². The van der Waals surface area contributed by atoms with Gasteiger partial charge in [-0.15, -0.1) is 0 Å². The number of aromatic carboxylic acids is 1. The quantitative estimate of drug-likeness (QED) is 0.936. The van der Waals surface area contributed by atoms with Gasteiger partial charge in [0.05, 0.1) is 5.75 Å². The number of halogens is 2. The number of benzene rings is 1. The first-order valence-electron chi connectivity index (χ1n) is 5.29. The van der Waals surface area contributed by atoms with Gasteiger partial charge < -0.3 is 9.52 Å². The Morgan fingerprint density at radius 3 is 2.45 bits per heavy atom. The molecule has 0 aliphatic carbocycles. The SMILES string of the molecule is O=C(O)c1ccc(S(=O)(=O)Cc2ccc(F)cc2F)o1. The van der Waals surface area contributed by atoms with E-state index in [2.05, 4.69) is 4.42 Å². The average Bonchev–Trinajstić information content (AvgIpc) is 2.83. The molecule has 0 unspecified atom stereocenters. The number of carboxylic acids is 1. The lowest BCUT2D eigenvalue weighted by molar-refractivity contribution is 0.0656. The fraction of sp³-hybridized carbons (Fsp3) is 0.0833. The molecule has 0 atom stereocenters. The predicted octanol–water partition coefficient (Wildman–Crippen LogP) is 2.23. The van der Waals surface area contributed by atoms with Gasteiger partial charge in [0, 0.05) is 11.6 Å². The number of sulfone groups is 1. The van der Waals surface area contributed by atoms with Crippen LogP contribution in [0.25, 0.3) is 0 Å². The van der Waals surface area contributed by atoms with Crippen molar-refractivity contribution in [3.8, 4) is 0 Å². The zero-order chi connectivity index (χ0) is 14.9. The van der Waals surface area contributed by atoms with Crippen LogP contribution < -0.4 is 0 Å². The summed E-state index contributed by atoms with van der Waals surface area (Å²) in [5.74, 6) is -4.54. The molecule has 1 aromatic heterocycles. The molecule has 0 bridgehead atoms. The van der Waals surface area contributed by atoms with Gasteiger partial charge in [0.25, 0.3) is 0 Å². The van der Waals surface area contributed by atoms with Crippen molar-refractivity contribution < 1.29 is 31.5 Å². The molecule has 2 aromatic rings. The molecule has 0 amide bonds. The maximum Gasteiger partial charge on any atom is 0.371 e. The van der Waals surface area contributed by atoms with E-state index in [0.717, 1.165) is 24.3 Å². The van der Waals surface area contributed by atoms with Gasteiger partial charge in [0.2, 0.25) is 20.7 Å². The van der Waals surface area contributed by atoms with Gasteiger partial charge in [0.1, 0.15) is 11.6 Å². The summed E-state index contributed by atoms with van der Waals surface area (Å²) < 4.78 is 54.6. The summed E-state index contributed by atoms with van der Waals surface area (Å²) in [5.41, 5.74) is -0.236. The lowest BCUT2D eigenvalue weighted by Gasteiger charge is -2.03. The van der Waals surface area contributed by atoms with E-state index in [1.165, 1.54) is 0 Å². The van der Waals surface area contributed by atoms with Crippen LogP contribution in [-0.4, -0.2) is 19.5 Å². The lowest BCUT2D eigenvalue weighted by Crippen LogP contribution is -2.06. The lowest BCUT2D eigenvalue weighted by atomic mass is 10.2. The molecule has 0 fully saturated rings. The van der Waals surface area contributed by atoms with Crippen LogP contribution in [0.1, 0.15) is 16.1 Å². The third-order valence-electron chi connectivity index (χ3n) is 2.46. The van der Waals surface area contributed by atoms with Gasteiger partial charge in [0.15, 0.2) is 0 Å². The predicted molar refractivity (Wildman–Crippen MR) is 62.9 cm³/mol. The number of furan rings is 1. The molecule has 0 spiro atoms. The zero-order valence-electron chi connectivity index (χ0n) is 9.84. The summed E-state index contributed by atoms with van der Waals surface area (Å²) in [6.45, 7) is 0. The monoisotopic (exact) mass is 302 g/mol. The highest BCUT2D eigenvalue weighted by Gasteiger charge is 2.23. The van der Waals surface area contributed by atoms with Crippen molar-refractivity contribution in [2.45, 2.75) is 10.8 Å². The van der Waals surface area contributed by atoms with Crippen molar-refractivity contribution >= 4 is 15.8 Å². The van der Waals surface area contributed by atoms with Crippen LogP contribution >= 0.6 is 0 Å². The van der Waals surface area contributed by atoms with Crippen LogP contribution in [0.3, 0.4) is 0 Å². The largest absolute Gasteiger partial charge is 0.475 e. The van der Waals surface area contributed by atoms with Crippen LogP contribution in [0.5, 0.6) is 0 Å². The molecule has 1 heterocycles. The molecule has 0 saturated carbocycles. The minimum absolute atomic E-state index is 0.236. The number of rotatable bonds is 4. The van der Waals surface area contributed by atoms with Crippen molar-refractivity contribution in [1.29, 1.82) is 0 Å². The van der Waals surface area contributed by atoms with Crippen molar-refractivity contribution in [2.75, 3.05) is 0 Å². The Morgan fingerprint density at radius 2 is 1.90 bits per heavy atom. The van der Waals surface area contributed by atoms with E-state index >= 15 is 0 Å². The molecule has 0 radical (unpaired) electrons. The Bertz CT molecular complexity index is 764. The number of carboxylic acid groups (broad SMARTS) is 1. The van der Waals surface area contributed by atoms with Crippen LogP contribution in [0.15, 0.2) is 39.8 Å². The summed E-state index contributed by atoms with van der Waals surface area (Å²) in [4.78, 5) is 10.6. The second-order valence-corrected chi connectivity index (χ2v) is 5.84. The van der Waals surface area contributed by atoms with Gasteiger partial charge in [-0.25, -0.2) is 22.0 Å². The highest BCUT2D eigenvalue weighted by Crippen LogP contribution is 2.21. The summed E-state index contributed by atoms with van der Waals surface area (Å²) in [7, 11) is -4.05. The molecule has 106 valence electrons. The fourth-order valence-corrected chi connectivity index (χ4v) is 2.79. The number of hydrogen-bond acceptors (Lipinski definition) is 4. The summed E-state index contributed by atoms with van der Waals surface area (Å²) in [6.07, 6.45) is 0. The standard InChI is InChI=1S/C12H8F2O5S/c13-8-2-1-7(9(14)5-8)6-20(17,18)11-4-3-10(19-11)12(15)16/h1-5H,6H2,(H,15,16). The van der Waals surface area contributed by atoms with E-state index in [4.69, 9.17) is 5.11 Å². The van der Waals surface area contributed by atoms with Crippen molar-refractivity contribution in [3.63, 3.8) is 0 Å². The van der Waals surface area contributed by atoms with Crippen LogP contribution in [0.4, 0.5) is 8.78 Å². The molecule has 8 heteroatoms. The third-order valence-corrected chi connectivity index (χ3v) is 3.98. The molecule has 0 aliphatic rings. The van der Waals surface area contributed by atoms with E-state index in [0.29, 0.717) is 6.07 Å². The third kappa shape index (κ3) is 2.85. The fourth-order valence-electron chi connectivity index (χ4n) is 1.52. The molecule has 2 rings (SSSR count). The molecular weight excluding hydrogens is 294 g/mol. The normalized spacial score (nSPS) is 11.5. The Labute approximate surface area is 112 Å². The number of carbonyl (C=O) groups is 1. The Kier molecular flexibility index (Phi) is 3.58. The van der Waals surface area contributed by atoms with E-state index in [1.54, 1.807) is 0 Å². The van der Waals surface area contributed by atoms with E-state index < -0.39 is 44.0 Å². The van der Waals surface area contributed by atoms with Gasteiger partial charge in [-0.05, 0) is 18.2 Å². The smallest absolute Gasteiger partial charge is 0.371 e. The maximum atomic E-state index is 13.4. The second kappa shape index (κ2) is 5.04. The van der Waals surface area contributed by atoms with Crippen molar-refractivity contribution in [2.24, 2.45) is 0 Å². The minimum Gasteiger partial charge on any atom is -0.475 e. The summed E-state index contributed by atoms with van der Waals surface area (Å²) in [5, 5.41) is 8.05. The average molecular weight is 302 g/mol. The highest BCUT2D eigenvalue weighted by atomic mass is 32.2. The number of hydrogen-bond donors (Lipinski definition) is 1. The van der Waals surface area contributed by atoms with E-state index in [1.807, 2.05) is 0 Å². The van der Waals surface area contributed by atoms with E-state index in [9.17, 15) is 22.0 Å². The first-order chi connectivity index (χ1) is 9.29. The highest BCUT2D eigenvalue weighted by molar-refractivity contribution is 7.90. The van der Waals surface area contributed by atoms with Crippen LogP contribution in [0.2, 0.25) is 0 Å². The first-order valence-corrected chi connectivity index (χ1v) is 6.94. The van der Waals surface area contributed by atoms with Crippen molar-refractivity contribution in [3.05, 3.63) is 53.3 Å². The van der Waals surface area contributed by atoms with Gasteiger partial charge >= 0.3 is 5.97 Å². The second-order valence-electron chi connectivity index (χ2n) is 3.92. The van der Waals surface area contributed by atoms with E-state index in [-0.39, 0.29) is 5.56 Å². The first kappa shape index (κ1) is 14.2. The topological polar surface area (TPSA) is 84.6 Å². The Morgan fingerprint density at radius 1 is 1.20 bits per heavy atom. The molecule has 20 heavy (non-hydrogen) atoms.